The fourth-order valence-electron chi connectivity index (χ4n) is 1.56. The molecular formula is C15H11FO4. The first-order valence-electron chi connectivity index (χ1n) is 5.81. The van der Waals surface area contributed by atoms with E-state index >= 15 is 0 Å². The molecule has 0 aliphatic rings. The van der Waals surface area contributed by atoms with Gasteiger partial charge in [-0.15, -0.1) is 0 Å². The van der Waals surface area contributed by atoms with E-state index in [2.05, 4.69) is 0 Å². The van der Waals surface area contributed by atoms with Crippen molar-refractivity contribution in [3.05, 3.63) is 65.5 Å². The summed E-state index contributed by atoms with van der Waals surface area (Å²) in [6, 6.07) is 10.9. The van der Waals surface area contributed by atoms with Gasteiger partial charge in [-0.05, 0) is 48.5 Å². The fourth-order valence-corrected chi connectivity index (χ4v) is 1.56. The van der Waals surface area contributed by atoms with Gasteiger partial charge in [-0.1, -0.05) is 0 Å². The standard InChI is InChI=1S/C15H11FO4/c16-12-5-1-10(2-6-12)14(17)9-20-13-7-3-11(4-8-13)15(18)19/h1-8H,9H2,(H,18,19). The van der Waals surface area contributed by atoms with Gasteiger partial charge in [0, 0.05) is 5.56 Å². The van der Waals surface area contributed by atoms with Crippen LogP contribution in [0.1, 0.15) is 20.7 Å². The van der Waals surface area contributed by atoms with Crippen LogP contribution in [0.4, 0.5) is 4.39 Å². The molecule has 0 radical (unpaired) electrons. The number of carboxylic acids is 1. The van der Waals surface area contributed by atoms with E-state index in [9.17, 15) is 14.0 Å². The summed E-state index contributed by atoms with van der Waals surface area (Å²) in [7, 11) is 0. The van der Waals surface area contributed by atoms with Gasteiger partial charge in [-0.25, -0.2) is 9.18 Å². The third-order valence-corrected chi connectivity index (χ3v) is 2.64. The van der Waals surface area contributed by atoms with Crippen molar-refractivity contribution >= 4 is 11.8 Å². The molecule has 1 N–H and O–H groups in total. The molecule has 0 saturated heterocycles. The molecule has 0 heterocycles. The van der Waals surface area contributed by atoms with Crippen molar-refractivity contribution in [3.8, 4) is 5.75 Å². The van der Waals surface area contributed by atoms with Crippen LogP contribution in [0.5, 0.6) is 5.75 Å². The van der Waals surface area contributed by atoms with Gasteiger partial charge in [0.15, 0.2) is 12.4 Å². The van der Waals surface area contributed by atoms with Crippen molar-refractivity contribution in [3.63, 3.8) is 0 Å². The number of hydrogen-bond donors (Lipinski definition) is 1. The monoisotopic (exact) mass is 274 g/mol. The summed E-state index contributed by atoms with van der Waals surface area (Å²) < 4.78 is 18.0. The second-order valence-electron chi connectivity index (χ2n) is 4.05. The molecule has 0 fully saturated rings. The van der Waals surface area contributed by atoms with Crippen LogP contribution in [-0.2, 0) is 0 Å². The second-order valence-corrected chi connectivity index (χ2v) is 4.05. The van der Waals surface area contributed by atoms with Crippen LogP contribution in [0, 0.1) is 5.82 Å². The number of Topliss-reactive ketones (excluding diaryl/α,β-unsaturated/α-hetero) is 1. The summed E-state index contributed by atoms with van der Waals surface area (Å²) in [6.45, 7) is -0.196. The molecule has 0 aliphatic heterocycles. The Bertz CT molecular complexity index is 617. The van der Waals surface area contributed by atoms with E-state index in [0.29, 0.717) is 11.3 Å². The third kappa shape index (κ3) is 3.41. The molecule has 2 rings (SSSR count). The molecule has 0 atom stereocenters. The lowest BCUT2D eigenvalue weighted by atomic mass is 10.1. The number of halogens is 1. The number of carboxylic acid groups (broad SMARTS) is 1. The van der Waals surface area contributed by atoms with Gasteiger partial charge in [-0.3, -0.25) is 4.79 Å². The van der Waals surface area contributed by atoms with E-state index in [0.717, 1.165) is 0 Å². The highest BCUT2D eigenvalue weighted by Gasteiger charge is 2.07. The summed E-state index contributed by atoms with van der Waals surface area (Å²) in [5.74, 6) is -1.33. The zero-order valence-electron chi connectivity index (χ0n) is 10.4. The quantitative estimate of drug-likeness (QED) is 0.851. The van der Waals surface area contributed by atoms with Crippen molar-refractivity contribution in [2.24, 2.45) is 0 Å². The number of carbonyl (C=O) groups is 2. The number of ketones is 1. The predicted molar refractivity (Wildman–Crippen MR) is 69.6 cm³/mol. The maximum atomic E-state index is 12.7. The Morgan fingerprint density at radius 3 is 2.05 bits per heavy atom. The van der Waals surface area contributed by atoms with Crippen LogP contribution in [0.2, 0.25) is 0 Å². The molecule has 0 amide bonds. The van der Waals surface area contributed by atoms with E-state index in [1.165, 1.54) is 48.5 Å². The lowest BCUT2D eigenvalue weighted by molar-refractivity contribution is 0.0696. The first-order chi connectivity index (χ1) is 9.56. The SMILES string of the molecule is O=C(O)c1ccc(OCC(=O)c2ccc(F)cc2)cc1. The smallest absolute Gasteiger partial charge is 0.335 e. The molecular weight excluding hydrogens is 263 g/mol. The zero-order valence-corrected chi connectivity index (χ0v) is 10.4. The van der Waals surface area contributed by atoms with Gasteiger partial charge < -0.3 is 9.84 Å². The van der Waals surface area contributed by atoms with Crippen LogP contribution in [0.25, 0.3) is 0 Å². The number of rotatable bonds is 5. The van der Waals surface area contributed by atoms with Crippen LogP contribution < -0.4 is 4.74 Å². The molecule has 0 aromatic heterocycles. The molecule has 0 spiro atoms. The van der Waals surface area contributed by atoms with Crippen molar-refractivity contribution in [2.75, 3.05) is 6.61 Å². The lowest BCUT2D eigenvalue weighted by Gasteiger charge is -2.05. The van der Waals surface area contributed by atoms with Gasteiger partial charge in [0.25, 0.3) is 0 Å². The Morgan fingerprint density at radius 1 is 0.950 bits per heavy atom. The maximum Gasteiger partial charge on any atom is 0.335 e. The summed E-state index contributed by atoms with van der Waals surface area (Å²) in [4.78, 5) is 22.4. The normalized spacial score (nSPS) is 10.1. The first-order valence-corrected chi connectivity index (χ1v) is 5.81. The van der Waals surface area contributed by atoms with E-state index in [4.69, 9.17) is 9.84 Å². The van der Waals surface area contributed by atoms with Crippen LogP contribution in [0.15, 0.2) is 48.5 Å². The summed E-state index contributed by atoms with van der Waals surface area (Å²) >= 11 is 0. The zero-order chi connectivity index (χ0) is 14.5. The summed E-state index contributed by atoms with van der Waals surface area (Å²) in [5, 5.41) is 8.74. The number of ether oxygens (including phenoxy) is 1. The molecule has 20 heavy (non-hydrogen) atoms. The van der Waals surface area contributed by atoms with Gasteiger partial charge in [-0.2, -0.15) is 0 Å². The summed E-state index contributed by atoms with van der Waals surface area (Å²) in [6.07, 6.45) is 0. The molecule has 0 aliphatic carbocycles. The maximum absolute atomic E-state index is 12.7. The molecule has 5 heteroatoms. The van der Waals surface area contributed by atoms with Crippen LogP contribution >= 0.6 is 0 Å². The number of benzene rings is 2. The number of aromatic carboxylic acids is 1. The highest BCUT2D eigenvalue weighted by Crippen LogP contribution is 2.13. The van der Waals surface area contributed by atoms with Crippen molar-refractivity contribution in [1.82, 2.24) is 0 Å². The Hall–Kier alpha value is -2.69. The van der Waals surface area contributed by atoms with E-state index < -0.39 is 11.8 Å². The highest BCUT2D eigenvalue weighted by molar-refractivity contribution is 5.97. The first kappa shape index (κ1) is 13.7. The molecule has 2 aromatic rings. The average Bonchev–Trinajstić information content (AvgIpc) is 2.46. The van der Waals surface area contributed by atoms with Gasteiger partial charge >= 0.3 is 5.97 Å². The summed E-state index contributed by atoms with van der Waals surface area (Å²) in [5.41, 5.74) is 0.496. The van der Waals surface area contributed by atoms with Crippen LogP contribution in [-0.4, -0.2) is 23.5 Å². The molecule has 4 nitrogen and oxygen atoms in total. The van der Waals surface area contributed by atoms with Crippen molar-refractivity contribution in [2.45, 2.75) is 0 Å². The van der Waals surface area contributed by atoms with Gasteiger partial charge in [0.1, 0.15) is 11.6 Å². The lowest BCUT2D eigenvalue weighted by Crippen LogP contribution is -2.11. The van der Waals surface area contributed by atoms with E-state index in [1.807, 2.05) is 0 Å². The third-order valence-electron chi connectivity index (χ3n) is 2.64. The minimum absolute atomic E-state index is 0.141. The Balaban J connectivity index is 1.96. The molecule has 0 saturated carbocycles. The molecule has 102 valence electrons. The number of carbonyl (C=O) groups excluding carboxylic acids is 1. The van der Waals surface area contributed by atoms with E-state index in [1.54, 1.807) is 0 Å². The molecule has 2 aromatic carbocycles. The second kappa shape index (κ2) is 5.97. The minimum atomic E-state index is -1.03. The predicted octanol–water partition coefficient (Wildman–Crippen LogP) is 2.79. The largest absolute Gasteiger partial charge is 0.485 e. The fraction of sp³-hybridized carbons (Fsp3) is 0.0667. The van der Waals surface area contributed by atoms with Crippen molar-refractivity contribution in [1.29, 1.82) is 0 Å². The average molecular weight is 274 g/mol. The number of hydrogen-bond acceptors (Lipinski definition) is 3. The minimum Gasteiger partial charge on any atom is -0.485 e. The van der Waals surface area contributed by atoms with Crippen LogP contribution in [0.3, 0.4) is 0 Å². The molecule has 0 unspecified atom stereocenters. The topological polar surface area (TPSA) is 63.6 Å². The highest BCUT2D eigenvalue weighted by atomic mass is 19.1. The molecule has 0 bridgehead atoms. The van der Waals surface area contributed by atoms with E-state index in [-0.39, 0.29) is 18.0 Å². The Morgan fingerprint density at radius 2 is 1.50 bits per heavy atom. The Kier molecular flexibility index (Phi) is 4.10. The van der Waals surface area contributed by atoms with Gasteiger partial charge in [0.05, 0.1) is 5.56 Å². The van der Waals surface area contributed by atoms with Crippen molar-refractivity contribution < 1.29 is 23.8 Å². The Labute approximate surface area is 114 Å². The van der Waals surface area contributed by atoms with Gasteiger partial charge in [0.2, 0.25) is 0 Å².